The molecule has 0 N–H and O–H groups in total. The van der Waals surface area contributed by atoms with E-state index in [2.05, 4.69) is 10.9 Å². The van der Waals surface area contributed by atoms with Crippen LogP contribution in [0.2, 0.25) is 0 Å². The minimum absolute atomic E-state index is 0.0683. The van der Waals surface area contributed by atoms with Crippen molar-refractivity contribution in [2.45, 2.75) is 39.8 Å². The molecule has 2 heterocycles. The predicted molar refractivity (Wildman–Crippen MR) is 156 cm³/mol. The third-order valence-electron chi connectivity index (χ3n) is 6.18. The van der Waals surface area contributed by atoms with E-state index in [-0.39, 0.29) is 30.5 Å². The van der Waals surface area contributed by atoms with Crippen molar-refractivity contribution in [2.75, 3.05) is 27.4 Å². The zero-order valence-corrected chi connectivity index (χ0v) is 24.7. The van der Waals surface area contributed by atoms with E-state index < -0.39 is 12.0 Å². The number of allylic oxidation sites excluding steroid dienone is 1. The summed E-state index contributed by atoms with van der Waals surface area (Å²) in [5.41, 5.74) is 1.82. The van der Waals surface area contributed by atoms with Crippen LogP contribution in [0.25, 0.3) is 6.08 Å². The lowest BCUT2D eigenvalue weighted by Gasteiger charge is -2.25. The van der Waals surface area contributed by atoms with Crippen molar-refractivity contribution >= 4 is 23.4 Å². The highest BCUT2D eigenvalue weighted by Gasteiger charge is 2.34. The number of hydrogen-bond acceptors (Lipinski definition) is 9. The van der Waals surface area contributed by atoms with Gasteiger partial charge in [0.2, 0.25) is 0 Å². The summed E-state index contributed by atoms with van der Waals surface area (Å²) in [6, 6.07) is 9.88. The summed E-state index contributed by atoms with van der Waals surface area (Å²) in [6.45, 7) is 7.60. The summed E-state index contributed by atoms with van der Waals surface area (Å²) in [4.78, 5) is 32.2. The van der Waals surface area contributed by atoms with Gasteiger partial charge in [0.1, 0.15) is 6.61 Å². The third-order valence-corrected chi connectivity index (χ3v) is 7.16. The number of carbonyl (C=O) groups excluding carboxylic acids is 1. The molecule has 3 aromatic rings. The van der Waals surface area contributed by atoms with Gasteiger partial charge in [-0.05, 0) is 69.2 Å². The van der Waals surface area contributed by atoms with Crippen LogP contribution in [0.1, 0.15) is 44.9 Å². The van der Waals surface area contributed by atoms with Gasteiger partial charge in [0.25, 0.3) is 5.56 Å². The lowest BCUT2D eigenvalue weighted by atomic mass is 9.95. The first kappa shape index (κ1) is 29.5. The van der Waals surface area contributed by atoms with E-state index in [0.29, 0.717) is 43.6 Å². The second-order valence-corrected chi connectivity index (χ2v) is 10.3. The van der Waals surface area contributed by atoms with Crippen LogP contribution < -0.4 is 33.8 Å². The number of rotatable bonds is 10. The number of benzene rings is 2. The van der Waals surface area contributed by atoms with E-state index in [1.165, 1.54) is 23.0 Å². The molecule has 0 bridgehead atoms. The summed E-state index contributed by atoms with van der Waals surface area (Å²) in [5.74, 6) is 3.90. The molecule has 1 aliphatic rings. The average molecular weight is 577 g/mol. The minimum Gasteiger partial charge on any atom is -0.493 e. The van der Waals surface area contributed by atoms with Crippen LogP contribution >= 0.6 is 11.3 Å². The first-order valence-electron chi connectivity index (χ1n) is 13.0. The SMILES string of the molecule is C#CCOc1ccc(/C=c2\sc3n(c2=O)[C@@H](c2ccc(OC(C)C)c(OC)c2)C(C(=O)OCC)=C(C)N=3)cc1OC. The molecule has 2 aromatic carbocycles. The van der Waals surface area contributed by atoms with Crippen LogP contribution in [0, 0.1) is 12.3 Å². The van der Waals surface area contributed by atoms with Crippen molar-refractivity contribution in [1.82, 2.24) is 4.57 Å². The Labute approximate surface area is 242 Å². The standard InChI is InChI=1S/C31H32N2O7S/c1-8-14-39-22-12-10-20(15-24(22)36-6)16-26-29(34)33-28(21-11-13-23(40-18(3)4)25(17-21)37-7)27(30(35)38-9-2)19(5)32-31(33)41-26/h1,10-13,15-18,28H,9,14H2,2-7H3/b26-16-/t28-/m0/s1. The third kappa shape index (κ3) is 6.15. The second-order valence-electron chi connectivity index (χ2n) is 9.28. The van der Waals surface area contributed by atoms with Gasteiger partial charge in [-0.1, -0.05) is 29.4 Å². The number of hydrogen-bond donors (Lipinski definition) is 0. The van der Waals surface area contributed by atoms with Crippen molar-refractivity contribution in [3.8, 4) is 35.3 Å². The first-order chi connectivity index (χ1) is 19.7. The molecule has 0 amide bonds. The molecule has 0 unspecified atom stereocenters. The van der Waals surface area contributed by atoms with Crippen LogP contribution in [0.15, 0.2) is 57.5 Å². The summed E-state index contributed by atoms with van der Waals surface area (Å²) >= 11 is 1.23. The highest BCUT2D eigenvalue weighted by Crippen LogP contribution is 2.36. The summed E-state index contributed by atoms with van der Waals surface area (Å²) in [7, 11) is 3.07. The number of esters is 1. The zero-order valence-electron chi connectivity index (χ0n) is 23.8. The van der Waals surface area contributed by atoms with Crippen LogP contribution in [0.5, 0.6) is 23.0 Å². The van der Waals surface area contributed by atoms with E-state index in [4.69, 9.17) is 30.1 Å². The van der Waals surface area contributed by atoms with Crippen molar-refractivity contribution < 1.29 is 28.5 Å². The Kier molecular flexibility index (Phi) is 9.20. The van der Waals surface area contributed by atoms with E-state index in [1.54, 1.807) is 57.4 Å². The minimum atomic E-state index is -0.788. The van der Waals surface area contributed by atoms with Gasteiger partial charge >= 0.3 is 5.97 Å². The van der Waals surface area contributed by atoms with Gasteiger partial charge in [0.05, 0.1) is 48.8 Å². The van der Waals surface area contributed by atoms with Gasteiger partial charge in [-0.15, -0.1) is 6.42 Å². The second kappa shape index (κ2) is 12.8. The average Bonchev–Trinajstić information content (AvgIpc) is 3.25. The Hall–Kier alpha value is -4.49. The molecule has 0 spiro atoms. The number of aromatic nitrogens is 1. The number of ether oxygens (including phenoxy) is 5. The van der Waals surface area contributed by atoms with Gasteiger partial charge in [-0.3, -0.25) is 9.36 Å². The highest BCUT2D eigenvalue weighted by atomic mass is 32.1. The fourth-order valence-electron chi connectivity index (χ4n) is 4.48. The molecule has 41 heavy (non-hydrogen) atoms. The largest absolute Gasteiger partial charge is 0.493 e. The Balaban J connectivity index is 1.89. The topological polar surface area (TPSA) is 97.6 Å². The summed E-state index contributed by atoms with van der Waals surface area (Å²) < 4.78 is 29.8. The lowest BCUT2D eigenvalue weighted by molar-refractivity contribution is -0.139. The molecule has 0 aliphatic carbocycles. The van der Waals surface area contributed by atoms with Crippen LogP contribution in [-0.4, -0.2) is 44.1 Å². The summed E-state index contributed by atoms with van der Waals surface area (Å²) in [5, 5.41) is 0. The Bertz CT molecular complexity index is 1710. The van der Waals surface area contributed by atoms with Crippen LogP contribution in [-0.2, 0) is 9.53 Å². The van der Waals surface area contributed by atoms with Crippen molar-refractivity contribution in [3.05, 3.63) is 78.5 Å². The first-order valence-corrected chi connectivity index (χ1v) is 13.8. The maximum atomic E-state index is 13.9. The molecular formula is C31H32N2O7S. The molecule has 9 nitrogen and oxygen atoms in total. The van der Waals surface area contributed by atoms with Crippen LogP contribution in [0.3, 0.4) is 0 Å². The number of thiazole rings is 1. The number of methoxy groups -OCH3 is 2. The van der Waals surface area contributed by atoms with Crippen molar-refractivity contribution in [2.24, 2.45) is 4.99 Å². The molecule has 10 heteroatoms. The van der Waals surface area contributed by atoms with E-state index >= 15 is 0 Å². The monoisotopic (exact) mass is 576 g/mol. The maximum absolute atomic E-state index is 13.9. The van der Waals surface area contributed by atoms with E-state index in [1.807, 2.05) is 19.9 Å². The Morgan fingerprint density at radius 2 is 1.83 bits per heavy atom. The highest BCUT2D eigenvalue weighted by molar-refractivity contribution is 7.07. The molecule has 0 radical (unpaired) electrons. The van der Waals surface area contributed by atoms with Crippen molar-refractivity contribution in [3.63, 3.8) is 0 Å². The van der Waals surface area contributed by atoms with Gasteiger partial charge in [0, 0.05) is 0 Å². The van der Waals surface area contributed by atoms with Crippen molar-refractivity contribution in [1.29, 1.82) is 0 Å². The number of terminal acetylenes is 1. The fourth-order valence-corrected chi connectivity index (χ4v) is 5.52. The zero-order chi connectivity index (χ0) is 29.7. The molecule has 0 saturated heterocycles. The predicted octanol–water partition coefficient (Wildman–Crippen LogP) is 3.61. The molecule has 1 aliphatic heterocycles. The summed E-state index contributed by atoms with van der Waals surface area (Å²) in [6.07, 6.45) is 6.98. The molecule has 214 valence electrons. The van der Waals surface area contributed by atoms with Gasteiger partial charge < -0.3 is 23.7 Å². The molecule has 1 atom stereocenters. The molecular weight excluding hydrogens is 544 g/mol. The van der Waals surface area contributed by atoms with E-state index in [9.17, 15) is 9.59 Å². The Morgan fingerprint density at radius 1 is 1.12 bits per heavy atom. The van der Waals surface area contributed by atoms with Gasteiger partial charge in [-0.2, -0.15) is 0 Å². The smallest absolute Gasteiger partial charge is 0.338 e. The number of fused-ring (bicyclic) bond motifs is 1. The lowest BCUT2D eigenvalue weighted by Crippen LogP contribution is -2.40. The molecule has 0 saturated carbocycles. The number of nitrogens with zero attached hydrogens (tertiary/aromatic N) is 2. The van der Waals surface area contributed by atoms with Gasteiger partial charge in [-0.25, -0.2) is 9.79 Å². The van der Waals surface area contributed by atoms with E-state index in [0.717, 1.165) is 5.56 Å². The molecule has 0 fully saturated rings. The number of carbonyl (C=O) groups is 1. The molecule has 1 aromatic heterocycles. The maximum Gasteiger partial charge on any atom is 0.338 e. The molecule has 4 rings (SSSR count). The Morgan fingerprint density at radius 3 is 2.49 bits per heavy atom. The van der Waals surface area contributed by atoms with Gasteiger partial charge in [0.15, 0.2) is 27.8 Å². The fraction of sp³-hybridized carbons (Fsp3) is 0.323. The van der Waals surface area contributed by atoms with Crippen LogP contribution in [0.4, 0.5) is 0 Å². The quantitative estimate of drug-likeness (QED) is 0.269. The normalized spacial score (nSPS) is 14.7.